The zero-order chi connectivity index (χ0) is 8.97. The van der Waals surface area contributed by atoms with Crippen LogP contribution in [0.15, 0.2) is 0 Å². The van der Waals surface area contributed by atoms with E-state index >= 15 is 0 Å². The molecule has 1 N–H and O–H groups in total. The number of hydrogen-bond acceptors (Lipinski definition) is 3. The average Bonchev–Trinajstić information content (AvgIpc) is 2.37. The van der Waals surface area contributed by atoms with Crippen molar-refractivity contribution >= 4 is 34.4 Å². The molecule has 1 amide bonds. The molecule has 1 rings (SSSR count). The van der Waals surface area contributed by atoms with Crippen LogP contribution in [0.1, 0.15) is 12.8 Å². The number of amides is 1. The van der Waals surface area contributed by atoms with E-state index in [0.29, 0.717) is 5.88 Å². The Labute approximate surface area is 80.2 Å². The van der Waals surface area contributed by atoms with Crippen molar-refractivity contribution in [2.24, 2.45) is 0 Å². The quantitative estimate of drug-likeness (QED) is 0.696. The minimum absolute atomic E-state index is 0.0675. The van der Waals surface area contributed by atoms with Crippen LogP contribution in [-0.4, -0.2) is 28.7 Å². The van der Waals surface area contributed by atoms with Gasteiger partial charge in [-0.3, -0.25) is 9.59 Å². The van der Waals surface area contributed by atoms with Crippen LogP contribution in [0.25, 0.3) is 0 Å². The first kappa shape index (κ1) is 9.86. The number of hydrogen-bond donors (Lipinski definition) is 1. The molecule has 68 valence electrons. The van der Waals surface area contributed by atoms with Gasteiger partial charge in [-0.2, -0.15) is 0 Å². The van der Waals surface area contributed by atoms with Crippen molar-refractivity contribution in [1.82, 2.24) is 5.32 Å². The Bertz CT molecular complexity index is 198. The molecule has 0 radical (unpaired) electrons. The fourth-order valence-corrected chi connectivity index (χ4v) is 2.08. The molecule has 0 bridgehead atoms. The number of halogens is 1. The lowest BCUT2D eigenvalue weighted by molar-refractivity contribution is -0.124. The van der Waals surface area contributed by atoms with E-state index in [1.54, 1.807) is 0 Å². The molecular formula is C7H10ClNO2S. The third-order valence-electron chi connectivity index (χ3n) is 1.59. The third kappa shape index (κ3) is 2.68. The summed E-state index contributed by atoms with van der Waals surface area (Å²) in [6.45, 7) is 0. The molecule has 1 atom stereocenters. The fourth-order valence-electron chi connectivity index (χ4n) is 0.979. The molecule has 0 unspecified atom stereocenters. The Hall–Kier alpha value is -0.220. The Balaban J connectivity index is 2.30. The van der Waals surface area contributed by atoms with Crippen molar-refractivity contribution in [2.45, 2.75) is 18.9 Å². The number of alkyl halides is 1. The van der Waals surface area contributed by atoms with E-state index in [2.05, 4.69) is 5.32 Å². The molecule has 1 aliphatic rings. The van der Waals surface area contributed by atoms with Crippen LogP contribution in [0.4, 0.5) is 0 Å². The first-order valence-corrected chi connectivity index (χ1v) is 5.28. The largest absolute Gasteiger partial charge is 0.345 e. The van der Waals surface area contributed by atoms with Crippen molar-refractivity contribution in [1.29, 1.82) is 0 Å². The van der Waals surface area contributed by atoms with Gasteiger partial charge in [-0.05, 0) is 6.42 Å². The smallest absolute Gasteiger partial charge is 0.221 e. The Morgan fingerprint density at radius 1 is 1.75 bits per heavy atom. The molecule has 1 aliphatic heterocycles. The highest BCUT2D eigenvalue weighted by molar-refractivity contribution is 8.14. The number of carbonyl (C=O) groups excluding carboxylic acids is 2. The maximum Gasteiger partial charge on any atom is 0.221 e. The van der Waals surface area contributed by atoms with Crippen LogP contribution in [0.5, 0.6) is 0 Å². The van der Waals surface area contributed by atoms with Crippen LogP contribution < -0.4 is 5.32 Å². The lowest BCUT2D eigenvalue weighted by atomic mass is 10.2. The molecule has 5 heteroatoms. The SMILES string of the molecule is O=C(CCCl)N[C@H]1CCSC1=O. The molecule has 3 nitrogen and oxygen atoms in total. The monoisotopic (exact) mass is 207 g/mol. The fraction of sp³-hybridized carbons (Fsp3) is 0.714. The minimum Gasteiger partial charge on any atom is -0.345 e. The van der Waals surface area contributed by atoms with Gasteiger partial charge in [-0.15, -0.1) is 11.6 Å². The molecular weight excluding hydrogens is 198 g/mol. The highest BCUT2D eigenvalue weighted by Gasteiger charge is 2.26. The van der Waals surface area contributed by atoms with Crippen molar-refractivity contribution < 1.29 is 9.59 Å². The van der Waals surface area contributed by atoms with Crippen LogP contribution in [0, 0.1) is 0 Å². The Morgan fingerprint density at radius 3 is 3.00 bits per heavy atom. The van der Waals surface area contributed by atoms with Crippen molar-refractivity contribution in [3.8, 4) is 0 Å². The molecule has 0 aromatic heterocycles. The summed E-state index contributed by atoms with van der Waals surface area (Å²) in [7, 11) is 0. The summed E-state index contributed by atoms with van der Waals surface area (Å²) in [6.07, 6.45) is 1.04. The zero-order valence-corrected chi connectivity index (χ0v) is 8.08. The number of rotatable bonds is 3. The van der Waals surface area contributed by atoms with E-state index < -0.39 is 0 Å². The van der Waals surface area contributed by atoms with Gasteiger partial charge >= 0.3 is 0 Å². The van der Waals surface area contributed by atoms with Gasteiger partial charge < -0.3 is 5.32 Å². The number of nitrogens with one attached hydrogen (secondary N) is 1. The number of thioether (sulfide) groups is 1. The summed E-state index contributed by atoms with van der Waals surface area (Å²) in [5.74, 6) is 0.982. The van der Waals surface area contributed by atoms with Crippen LogP contribution in [0.3, 0.4) is 0 Å². The summed E-state index contributed by atoms with van der Waals surface area (Å²) >= 11 is 6.65. The maximum absolute atomic E-state index is 11.0. The molecule has 0 saturated carbocycles. The van der Waals surface area contributed by atoms with Crippen molar-refractivity contribution in [3.63, 3.8) is 0 Å². The van der Waals surface area contributed by atoms with Crippen molar-refractivity contribution in [2.75, 3.05) is 11.6 Å². The lowest BCUT2D eigenvalue weighted by Crippen LogP contribution is -2.37. The highest BCUT2D eigenvalue weighted by atomic mass is 35.5. The minimum atomic E-state index is -0.272. The molecule has 12 heavy (non-hydrogen) atoms. The normalized spacial score (nSPS) is 22.8. The van der Waals surface area contributed by atoms with Crippen LogP contribution >= 0.6 is 23.4 Å². The lowest BCUT2D eigenvalue weighted by Gasteiger charge is -2.08. The van der Waals surface area contributed by atoms with E-state index in [9.17, 15) is 9.59 Å². The molecule has 0 aromatic rings. The van der Waals surface area contributed by atoms with Gasteiger partial charge in [0.15, 0.2) is 0 Å². The summed E-state index contributed by atoms with van der Waals surface area (Å²) in [5.41, 5.74) is 0. The maximum atomic E-state index is 11.0. The summed E-state index contributed by atoms with van der Waals surface area (Å²) in [6, 6.07) is -0.272. The van der Waals surface area contributed by atoms with E-state index in [1.165, 1.54) is 11.8 Å². The topological polar surface area (TPSA) is 46.2 Å². The average molecular weight is 208 g/mol. The van der Waals surface area contributed by atoms with Crippen LogP contribution in [0.2, 0.25) is 0 Å². The third-order valence-corrected chi connectivity index (χ3v) is 2.79. The molecule has 0 spiro atoms. The Kier molecular flexibility index (Phi) is 3.88. The molecule has 1 heterocycles. The van der Waals surface area contributed by atoms with Gasteiger partial charge in [-0.25, -0.2) is 0 Å². The first-order valence-electron chi connectivity index (χ1n) is 3.76. The van der Waals surface area contributed by atoms with Gasteiger partial charge in [0.05, 0.1) is 6.04 Å². The van der Waals surface area contributed by atoms with Gasteiger partial charge in [0.1, 0.15) is 0 Å². The molecule has 0 aliphatic carbocycles. The second-order valence-corrected chi connectivity index (χ2v) is 3.99. The Morgan fingerprint density at radius 2 is 2.50 bits per heavy atom. The van der Waals surface area contributed by atoms with E-state index in [1.807, 2.05) is 0 Å². The second kappa shape index (κ2) is 4.72. The highest BCUT2D eigenvalue weighted by Crippen LogP contribution is 2.19. The van der Waals surface area contributed by atoms with E-state index in [0.717, 1.165) is 12.2 Å². The summed E-state index contributed by atoms with van der Waals surface area (Å²) < 4.78 is 0. The first-order chi connectivity index (χ1) is 5.74. The van der Waals surface area contributed by atoms with Gasteiger partial charge in [0, 0.05) is 18.1 Å². The second-order valence-electron chi connectivity index (χ2n) is 2.52. The zero-order valence-electron chi connectivity index (χ0n) is 6.51. The predicted octanol–water partition coefficient (Wildman–Crippen LogP) is 0.764. The number of carbonyl (C=O) groups is 2. The predicted molar refractivity (Wildman–Crippen MR) is 49.3 cm³/mol. The standard InChI is InChI=1S/C7H10ClNO2S/c8-3-1-6(10)9-5-2-4-12-7(5)11/h5H,1-4H2,(H,9,10)/t5-/m0/s1. The van der Waals surface area contributed by atoms with Gasteiger partial charge in [-0.1, -0.05) is 11.8 Å². The van der Waals surface area contributed by atoms with Crippen LogP contribution in [-0.2, 0) is 9.59 Å². The van der Waals surface area contributed by atoms with E-state index in [4.69, 9.17) is 11.6 Å². The molecule has 1 saturated heterocycles. The molecule has 1 fully saturated rings. The van der Waals surface area contributed by atoms with Gasteiger partial charge in [0.25, 0.3) is 0 Å². The van der Waals surface area contributed by atoms with E-state index in [-0.39, 0.29) is 23.5 Å². The summed E-state index contributed by atoms with van der Waals surface area (Å²) in [4.78, 5) is 22.0. The molecule has 0 aromatic carbocycles. The van der Waals surface area contributed by atoms with Crippen molar-refractivity contribution in [3.05, 3.63) is 0 Å². The van der Waals surface area contributed by atoms with Gasteiger partial charge in [0.2, 0.25) is 11.0 Å². The summed E-state index contributed by atoms with van der Waals surface area (Å²) in [5, 5.41) is 2.70.